The molecule has 1 aromatic heterocycles. The number of ether oxygens (including phenoxy) is 1. The van der Waals surface area contributed by atoms with E-state index in [-0.39, 0.29) is 35.9 Å². The van der Waals surface area contributed by atoms with E-state index in [1.54, 1.807) is 24.3 Å². The van der Waals surface area contributed by atoms with Gasteiger partial charge in [0.2, 0.25) is 0 Å². The van der Waals surface area contributed by atoms with Gasteiger partial charge in [-0.3, -0.25) is 14.4 Å². The van der Waals surface area contributed by atoms with E-state index in [2.05, 4.69) is 20.6 Å². The molecule has 8 heteroatoms. The summed E-state index contributed by atoms with van der Waals surface area (Å²) < 4.78 is 5.36. The molecular weight excluding hydrogens is 360 g/mol. The van der Waals surface area contributed by atoms with Gasteiger partial charge in [0.1, 0.15) is 11.6 Å². The molecule has 2 fully saturated rings. The zero-order valence-electron chi connectivity index (χ0n) is 15.2. The molecule has 2 aromatic rings. The van der Waals surface area contributed by atoms with Crippen molar-refractivity contribution in [1.29, 1.82) is 0 Å². The lowest BCUT2D eigenvalue weighted by Gasteiger charge is -2.35. The highest BCUT2D eigenvalue weighted by molar-refractivity contribution is 5.99. The van der Waals surface area contributed by atoms with Crippen LogP contribution in [0.25, 0.3) is 0 Å². The summed E-state index contributed by atoms with van der Waals surface area (Å²) in [7, 11) is 0. The van der Waals surface area contributed by atoms with Crippen molar-refractivity contribution in [1.82, 2.24) is 15.3 Å². The van der Waals surface area contributed by atoms with Gasteiger partial charge in [0.15, 0.2) is 6.61 Å². The molecule has 2 amide bonds. The summed E-state index contributed by atoms with van der Waals surface area (Å²) in [5.74, 6) is 1.52. The minimum absolute atomic E-state index is 0.0472. The lowest BCUT2D eigenvalue weighted by molar-refractivity contribution is -0.118. The number of carbonyl (C=O) groups excluding carboxylic acids is 2. The number of anilines is 1. The van der Waals surface area contributed by atoms with Crippen LogP contribution in [-0.4, -0.2) is 34.4 Å². The minimum Gasteiger partial charge on any atom is -0.482 e. The third-order valence-corrected chi connectivity index (χ3v) is 5.51. The Labute approximate surface area is 160 Å². The fourth-order valence-corrected chi connectivity index (χ4v) is 3.72. The van der Waals surface area contributed by atoms with Gasteiger partial charge in [-0.2, -0.15) is 0 Å². The maximum Gasteiger partial charge on any atom is 0.262 e. The van der Waals surface area contributed by atoms with Gasteiger partial charge in [0.25, 0.3) is 17.4 Å². The number of fused-ring (bicyclic) bond motifs is 1. The second-order valence-electron chi connectivity index (χ2n) is 7.72. The van der Waals surface area contributed by atoms with Crippen LogP contribution in [0.4, 0.5) is 5.69 Å². The van der Waals surface area contributed by atoms with Crippen LogP contribution in [0.5, 0.6) is 5.75 Å². The summed E-state index contributed by atoms with van der Waals surface area (Å²) in [5, 5.41) is 5.72. The molecule has 2 saturated carbocycles. The zero-order valence-corrected chi connectivity index (χ0v) is 15.2. The normalized spacial score (nSPS) is 23.1. The van der Waals surface area contributed by atoms with Crippen LogP contribution in [0.1, 0.15) is 59.4 Å². The summed E-state index contributed by atoms with van der Waals surface area (Å²) in [5.41, 5.74) is 1.79. The van der Waals surface area contributed by atoms with Gasteiger partial charge >= 0.3 is 0 Å². The van der Waals surface area contributed by atoms with Crippen molar-refractivity contribution in [3.8, 4) is 5.75 Å². The number of aromatic nitrogens is 2. The summed E-state index contributed by atoms with van der Waals surface area (Å²) in [4.78, 5) is 43.2. The summed E-state index contributed by atoms with van der Waals surface area (Å²) in [6.45, 7) is -0.0472. The van der Waals surface area contributed by atoms with Crippen molar-refractivity contribution >= 4 is 17.5 Å². The predicted octanol–water partition coefficient (Wildman–Crippen LogP) is 1.65. The van der Waals surface area contributed by atoms with Gasteiger partial charge in [-0.25, -0.2) is 4.98 Å². The van der Waals surface area contributed by atoms with Crippen molar-refractivity contribution < 1.29 is 14.3 Å². The van der Waals surface area contributed by atoms with Crippen molar-refractivity contribution in [2.75, 3.05) is 11.9 Å². The second-order valence-corrected chi connectivity index (χ2v) is 7.72. The number of carbonyl (C=O) groups is 2. The topological polar surface area (TPSA) is 113 Å². The number of nitrogens with zero attached hydrogens (tertiary/aromatic N) is 1. The largest absolute Gasteiger partial charge is 0.482 e. The van der Waals surface area contributed by atoms with Crippen LogP contribution >= 0.6 is 0 Å². The van der Waals surface area contributed by atoms with E-state index in [1.807, 2.05) is 0 Å². The smallest absolute Gasteiger partial charge is 0.262 e. The Morgan fingerprint density at radius 1 is 1.14 bits per heavy atom. The molecule has 0 unspecified atom stereocenters. The maximum absolute atomic E-state index is 12.5. The molecule has 3 N–H and O–H groups in total. The quantitative estimate of drug-likeness (QED) is 0.747. The number of benzene rings is 1. The van der Waals surface area contributed by atoms with Crippen LogP contribution < -0.4 is 20.9 Å². The third-order valence-electron chi connectivity index (χ3n) is 5.51. The molecule has 2 aliphatic carbocycles. The number of hydrogen-bond acceptors (Lipinski definition) is 5. The molecule has 5 rings (SSSR count). The lowest BCUT2D eigenvalue weighted by atomic mass is 9.78. The van der Waals surface area contributed by atoms with E-state index in [0.717, 1.165) is 37.2 Å². The number of H-pyrrole nitrogens is 1. The Morgan fingerprint density at radius 2 is 1.96 bits per heavy atom. The first-order valence-electron chi connectivity index (χ1n) is 9.54. The van der Waals surface area contributed by atoms with Gasteiger partial charge < -0.3 is 20.4 Å². The van der Waals surface area contributed by atoms with Crippen LogP contribution in [-0.2, 0) is 4.79 Å². The van der Waals surface area contributed by atoms with Crippen LogP contribution in [0, 0.1) is 0 Å². The maximum atomic E-state index is 12.5. The molecule has 144 valence electrons. The first kappa shape index (κ1) is 17.0. The van der Waals surface area contributed by atoms with Crippen LogP contribution in [0.3, 0.4) is 0 Å². The van der Waals surface area contributed by atoms with Gasteiger partial charge in [-0.15, -0.1) is 0 Å². The summed E-state index contributed by atoms with van der Waals surface area (Å²) >= 11 is 0. The predicted molar refractivity (Wildman–Crippen MR) is 101 cm³/mol. The highest BCUT2D eigenvalue weighted by atomic mass is 16.5. The molecular formula is C20H20N4O4. The van der Waals surface area contributed by atoms with Gasteiger partial charge in [0, 0.05) is 29.5 Å². The third kappa shape index (κ3) is 3.26. The molecule has 8 nitrogen and oxygen atoms in total. The van der Waals surface area contributed by atoms with Gasteiger partial charge in [-0.1, -0.05) is 0 Å². The Morgan fingerprint density at radius 3 is 2.75 bits per heavy atom. The average molecular weight is 380 g/mol. The second kappa shape index (κ2) is 6.47. The highest BCUT2D eigenvalue weighted by Gasteiger charge is 2.34. The van der Waals surface area contributed by atoms with E-state index in [4.69, 9.17) is 4.74 Å². The van der Waals surface area contributed by atoms with E-state index >= 15 is 0 Å². The van der Waals surface area contributed by atoms with Gasteiger partial charge in [-0.05, 0) is 43.9 Å². The fourth-order valence-electron chi connectivity index (χ4n) is 3.72. The molecule has 0 atom stereocenters. The number of hydrogen-bond donors (Lipinski definition) is 3. The standard InChI is InChI=1S/C20H20N4O4/c25-17-8-15(23-19(24-17)10-1-2-10)12-5-13(6-12)21-20(27)11-3-4-14-16(7-11)28-9-18(26)22-14/h3-4,7-8,10,12-13H,1-2,5-6,9H2,(H,21,27)(H,22,26)(H,23,24,25). The SMILES string of the molecule is O=C1COc2cc(C(=O)NC3CC(c4cc(=O)[nH]c(C5CC5)n4)C3)ccc2N1. The average Bonchev–Trinajstić information content (AvgIpc) is 3.48. The lowest BCUT2D eigenvalue weighted by Crippen LogP contribution is -2.43. The first-order chi connectivity index (χ1) is 13.5. The Hall–Kier alpha value is -3.16. The van der Waals surface area contributed by atoms with E-state index in [0.29, 0.717) is 22.9 Å². The molecule has 0 saturated heterocycles. The molecule has 0 radical (unpaired) electrons. The molecule has 1 aliphatic heterocycles. The monoisotopic (exact) mass is 380 g/mol. The van der Waals surface area contributed by atoms with Crippen molar-refractivity contribution in [2.24, 2.45) is 0 Å². The Balaban J connectivity index is 1.21. The fraction of sp³-hybridized carbons (Fsp3) is 0.400. The van der Waals surface area contributed by atoms with Crippen molar-refractivity contribution in [3.63, 3.8) is 0 Å². The van der Waals surface area contributed by atoms with Crippen LogP contribution in [0.15, 0.2) is 29.1 Å². The Kier molecular flexibility index (Phi) is 3.92. The first-order valence-corrected chi connectivity index (χ1v) is 9.54. The van der Waals surface area contributed by atoms with Gasteiger partial charge in [0.05, 0.1) is 11.4 Å². The molecule has 28 heavy (non-hydrogen) atoms. The zero-order chi connectivity index (χ0) is 19.3. The molecule has 2 heterocycles. The summed E-state index contributed by atoms with van der Waals surface area (Å²) in [6.07, 6.45) is 3.71. The van der Waals surface area contributed by atoms with Crippen molar-refractivity contribution in [2.45, 2.75) is 43.6 Å². The number of rotatable bonds is 4. The number of aromatic amines is 1. The highest BCUT2D eigenvalue weighted by Crippen LogP contribution is 2.40. The van der Waals surface area contributed by atoms with E-state index in [9.17, 15) is 14.4 Å². The molecule has 0 spiro atoms. The number of amides is 2. The van der Waals surface area contributed by atoms with Crippen molar-refractivity contribution in [3.05, 3.63) is 51.7 Å². The Bertz CT molecular complexity index is 1020. The number of nitrogens with one attached hydrogen (secondary N) is 3. The van der Waals surface area contributed by atoms with Crippen LogP contribution in [0.2, 0.25) is 0 Å². The molecule has 1 aromatic carbocycles. The molecule has 0 bridgehead atoms. The summed E-state index contributed by atoms with van der Waals surface area (Å²) in [6, 6.07) is 6.60. The van der Waals surface area contributed by atoms with E-state index in [1.165, 1.54) is 0 Å². The van der Waals surface area contributed by atoms with E-state index < -0.39 is 0 Å². The minimum atomic E-state index is -0.205. The molecule has 3 aliphatic rings.